The molecule has 1 aromatic heterocycles. The van der Waals surface area contributed by atoms with Crippen molar-refractivity contribution in [3.8, 4) is 0 Å². The van der Waals surface area contributed by atoms with E-state index in [0.29, 0.717) is 24.2 Å². The van der Waals surface area contributed by atoms with E-state index < -0.39 is 16.1 Å². The van der Waals surface area contributed by atoms with Gasteiger partial charge in [0.1, 0.15) is 0 Å². The average molecular weight is 348 g/mol. The van der Waals surface area contributed by atoms with Gasteiger partial charge < -0.3 is 10.6 Å². The van der Waals surface area contributed by atoms with Gasteiger partial charge in [0.2, 0.25) is 10.0 Å². The highest BCUT2D eigenvalue weighted by Gasteiger charge is 2.15. The molecule has 8 heteroatoms. The van der Waals surface area contributed by atoms with Crippen LogP contribution in [0.5, 0.6) is 0 Å². The monoisotopic (exact) mass is 348 g/mol. The lowest BCUT2D eigenvalue weighted by Crippen LogP contribution is -2.30. The fourth-order valence-corrected chi connectivity index (χ4v) is 3.10. The van der Waals surface area contributed by atoms with Crippen LogP contribution < -0.4 is 15.4 Å². The minimum atomic E-state index is -3.57. The summed E-state index contributed by atoms with van der Waals surface area (Å²) >= 11 is 0. The number of benzene rings is 1. The first-order chi connectivity index (χ1) is 11.4. The fraction of sp³-hybridized carbons (Fsp3) is 0.250. The van der Waals surface area contributed by atoms with Gasteiger partial charge in [-0.05, 0) is 43.8 Å². The molecule has 0 fully saturated rings. The normalized spacial score (nSPS) is 11.1. The lowest BCUT2D eigenvalue weighted by Gasteiger charge is -2.11. The number of hydrogen-bond acceptors (Lipinski definition) is 4. The molecule has 0 atom stereocenters. The minimum absolute atomic E-state index is 0.135. The smallest absolute Gasteiger partial charge is 0.319 e. The molecule has 2 rings (SSSR count). The minimum Gasteiger partial charge on any atom is -0.337 e. The summed E-state index contributed by atoms with van der Waals surface area (Å²) in [5, 5.41) is 5.34. The Morgan fingerprint density at radius 3 is 2.67 bits per heavy atom. The van der Waals surface area contributed by atoms with Crippen molar-refractivity contribution in [3.05, 3.63) is 53.9 Å². The first-order valence-electron chi connectivity index (χ1n) is 7.41. The molecular formula is C16H20N4O3S. The highest BCUT2D eigenvalue weighted by atomic mass is 32.2. The van der Waals surface area contributed by atoms with Crippen LogP contribution in [0.25, 0.3) is 0 Å². The van der Waals surface area contributed by atoms with Gasteiger partial charge in [-0.2, -0.15) is 0 Å². The van der Waals surface area contributed by atoms with Crippen molar-refractivity contribution in [2.75, 3.05) is 18.9 Å². The Bertz CT molecular complexity index is 807. The Morgan fingerprint density at radius 1 is 1.21 bits per heavy atom. The van der Waals surface area contributed by atoms with E-state index in [0.717, 1.165) is 5.69 Å². The number of sulfonamides is 1. The van der Waals surface area contributed by atoms with Crippen LogP contribution in [-0.2, 0) is 16.4 Å². The topological polar surface area (TPSA) is 100 Å². The number of aromatic nitrogens is 1. The zero-order valence-electron chi connectivity index (χ0n) is 13.5. The molecule has 0 unspecified atom stereocenters. The molecular weight excluding hydrogens is 328 g/mol. The number of pyridine rings is 1. The number of carbonyl (C=O) groups is 1. The molecule has 7 nitrogen and oxygen atoms in total. The van der Waals surface area contributed by atoms with Gasteiger partial charge >= 0.3 is 6.03 Å². The van der Waals surface area contributed by atoms with Gasteiger partial charge in [-0.15, -0.1) is 0 Å². The third-order valence-corrected chi connectivity index (χ3v) is 4.95. The van der Waals surface area contributed by atoms with Crippen molar-refractivity contribution in [3.63, 3.8) is 0 Å². The number of nitrogens with one attached hydrogen (secondary N) is 3. The molecule has 3 N–H and O–H groups in total. The highest BCUT2D eigenvalue weighted by molar-refractivity contribution is 7.89. The molecule has 0 bridgehead atoms. The van der Waals surface area contributed by atoms with Crippen LogP contribution >= 0.6 is 0 Å². The van der Waals surface area contributed by atoms with Gasteiger partial charge in [0.15, 0.2) is 0 Å². The highest BCUT2D eigenvalue weighted by Crippen LogP contribution is 2.19. The van der Waals surface area contributed by atoms with E-state index in [-0.39, 0.29) is 4.90 Å². The molecule has 1 heterocycles. The fourth-order valence-electron chi connectivity index (χ4n) is 2.10. The van der Waals surface area contributed by atoms with Crippen LogP contribution in [0.15, 0.2) is 47.5 Å². The molecule has 128 valence electrons. The van der Waals surface area contributed by atoms with E-state index in [9.17, 15) is 13.2 Å². The summed E-state index contributed by atoms with van der Waals surface area (Å²) in [5.41, 5.74) is 1.89. The zero-order valence-corrected chi connectivity index (χ0v) is 14.4. The maximum absolute atomic E-state index is 11.9. The van der Waals surface area contributed by atoms with Gasteiger partial charge in [0.25, 0.3) is 0 Å². The first kappa shape index (κ1) is 17.9. The van der Waals surface area contributed by atoms with Crippen molar-refractivity contribution in [1.29, 1.82) is 0 Å². The number of amides is 2. The molecule has 0 radical (unpaired) electrons. The van der Waals surface area contributed by atoms with Crippen molar-refractivity contribution >= 4 is 21.7 Å². The Kier molecular flexibility index (Phi) is 5.88. The molecule has 2 aromatic rings. The molecule has 0 saturated heterocycles. The van der Waals surface area contributed by atoms with Crippen LogP contribution in [0.3, 0.4) is 0 Å². The van der Waals surface area contributed by atoms with Gasteiger partial charge in [0.05, 0.1) is 4.90 Å². The van der Waals surface area contributed by atoms with Gasteiger partial charge in [-0.25, -0.2) is 17.9 Å². The van der Waals surface area contributed by atoms with E-state index in [2.05, 4.69) is 20.3 Å². The van der Waals surface area contributed by atoms with Crippen molar-refractivity contribution in [2.24, 2.45) is 0 Å². The number of urea groups is 1. The number of rotatable bonds is 6. The van der Waals surface area contributed by atoms with Crippen LogP contribution in [0.1, 0.15) is 11.3 Å². The standard InChI is InChI=1S/C16H20N4O3S/c1-12-6-7-14(11-15(12)24(22,23)17-2)20-16(21)19-10-8-13-5-3-4-9-18-13/h3-7,9,11,17H,8,10H2,1-2H3,(H2,19,20,21). The number of hydrogen-bond donors (Lipinski definition) is 3. The van der Waals surface area contributed by atoms with Crippen molar-refractivity contribution in [1.82, 2.24) is 15.0 Å². The molecule has 1 aromatic carbocycles. The Hall–Kier alpha value is -2.45. The maximum Gasteiger partial charge on any atom is 0.319 e. The average Bonchev–Trinajstić information content (AvgIpc) is 2.57. The van der Waals surface area contributed by atoms with Crippen LogP contribution in [0, 0.1) is 6.92 Å². The summed E-state index contributed by atoms with van der Waals surface area (Å²) in [5.74, 6) is 0. The van der Waals surface area contributed by atoms with E-state index in [1.54, 1.807) is 25.3 Å². The number of carbonyl (C=O) groups excluding carboxylic acids is 1. The predicted molar refractivity (Wildman–Crippen MR) is 92.4 cm³/mol. The number of nitrogens with zero attached hydrogens (tertiary/aromatic N) is 1. The SMILES string of the molecule is CNS(=O)(=O)c1cc(NC(=O)NCCc2ccccn2)ccc1C. The van der Waals surface area contributed by atoms with Crippen LogP contribution in [0.4, 0.5) is 10.5 Å². The maximum atomic E-state index is 11.9. The Morgan fingerprint density at radius 2 is 2.00 bits per heavy atom. The molecule has 0 spiro atoms. The number of anilines is 1. The van der Waals surface area contributed by atoms with Gasteiger partial charge in [0, 0.05) is 30.5 Å². The van der Waals surface area contributed by atoms with E-state index in [4.69, 9.17) is 0 Å². The summed E-state index contributed by atoms with van der Waals surface area (Å²) in [6.07, 6.45) is 2.31. The lowest BCUT2D eigenvalue weighted by atomic mass is 10.2. The van der Waals surface area contributed by atoms with E-state index in [1.807, 2.05) is 18.2 Å². The first-order valence-corrected chi connectivity index (χ1v) is 8.89. The second-order valence-corrected chi connectivity index (χ2v) is 6.99. The summed E-state index contributed by atoms with van der Waals surface area (Å²) in [6, 6.07) is 9.93. The summed E-state index contributed by atoms with van der Waals surface area (Å²) in [4.78, 5) is 16.2. The lowest BCUT2D eigenvalue weighted by molar-refractivity contribution is 0.252. The van der Waals surface area contributed by atoms with Gasteiger partial charge in [-0.1, -0.05) is 12.1 Å². The largest absolute Gasteiger partial charge is 0.337 e. The second-order valence-electron chi connectivity index (χ2n) is 5.14. The van der Waals surface area contributed by atoms with Crippen LogP contribution in [-0.4, -0.2) is 33.0 Å². The van der Waals surface area contributed by atoms with Gasteiger partial charge in [-0.3, -0.25) is 4.98 Å². The summed E-state index contributed by atoms with van der Waals surface area (Å²) in [7, 11) is -2.22. The molecule has 0 aliphatic rings. The number of aryl methyl sites for hydroxylation is 1. The zero-order chi connectivity index (χ0) is 17.6. The Labute approximate surface area is 141 Å². The predicted octanol–water partition coefficient (Wildman–Crippen LogP) is 1.66. The van der Waals surface area contributed by atoms with Crippen molar-refractivity contribution < 1.29 is 13.2 Å². The molecule has 0 aliphatic carbocycles. The van der Waals surface area contributed by atoms with E-state index in [1.165, 1.54) is 13.1 Å². The summed E-state index contributed by atoms with van der Waals surface area (Å²) < 4.78 is 26.2. The third-order valence-electron chi connectivity index (χ3n) is 3.40. The third kappa shape index (κ3) is 4.77. The molecule has 0 saturated carbocycles. The molecule has 0 aliphatic heterocycles. The Balaban J connectivity index is 1.96. The quantitative estimate of drug-likeness (QED) is 0.739. The van der Waals surface area contributed by atoms with Crippen LogP contribution in [0.2, 0.25) is 0 Å². The van der Waals surface area contributed by atoms with E-state index >= 15 is 0 Å². The van der Waals surface area contributed by atoms with Crippen molar-refractivity contribution in [2.45, 2.75) is 18.2 Å². The summed E-state index contributed by atoms with van der Waals surface area (Å²) in [6.45, 7) is 2.12. The second kappa shape index (κ2) is 7.89. The molecule has 2 amide bonds. The molecule has 24 heavy (non-hydrogen) atoms.